The lowest BCUT2D eigenvalue weighted by Gasteiger charge is -2.21. The van der Waals surface area contributed by atoms with Gasteiger partial charge in [-0.25, -0.2) is 0 Å². The largest absolute Gasteiger partial charge is 0.495 e. The molecular formula is C14H20N2O3. The van der Waals surface area contributed by atoms with Crippen LogP contribution in [0.1, 0.15) is 18.4 Å². The van der Waals surface area contributed by atoms with Crippen molar-refractivity contribution < 1.29 is 14.3 Å². The summed E-state index contributed by atoms with van der Waals surface area (Å²) in [6.07, 6.45) is 1.60. The van der Waals surface area contributed by atoms with E-state index < -0.39 is 0 Å². The van der Waals surface area contributed by atoms with Crippen LogP contribution in [-0.4, -0.2) is 26.2 Å². The molecule has 0 radical (unpaired) electrons. The van der Waals surface area contributed by atoms with Gasteiger partial charge in [0, 0.05) is 25.7 Å². The van der Waals surface area contributed by atoms with Crippen molar-refractivity contribution in [1.82, 2.24) is 5.32 Å². The highest BCUT2D eigenvalue weighted by Gasteiger charge is 2.21. The first kappa shape index (κ1) is 13.7. The normalized spacial score (nSPS) is 16.1. The van der Waals surface area contributed by atoms with Gasteiger partial charge in [-0.3, -0.25) is 4.79 Å². The average molecular weight is 264 g/mol. The summed E-state index contributed by atoms with van der Waals surface area (Å²) in [5, 5.41) is 2.94. The Morgan fingerprint density at radius 3 is 2.84 bits per heavy atom. The molecule has 1 heterocycles. The Kier molecular flexibility index (Phi) is 4.63. The lowest BCUT2D eigenvalue weighted by atomic mass is 9.99. The minimum absolute atomic E-state index is 0.0735. The van der Waals surface area contributed by atoms with Gasteiger partial charge >= 0.3 is 0 Å². The van der Waals surface area contributed by atoms with Gasteiger partial charge in [0.2, 0.25) is 5.91 Å². The van der Waals surface area contributed by atoms with E-state index in [0.29, 0.717) is 31.2 Å². The lowest BCUT2D eigenvalue weighted by molar-refractivity contribution is -0.128. The predicted octanol–water partition coefficient (Wildman–Crippen LogP) is 1.32. The molecule has 1 aromatic rings. The molecule has 0 bridgehead atoms. The van der Waals surface area contributed by atoms with E-state index in [0.717, 1.165) is 18.4 Å². The maximum Gasteiger partial charge on any atom is 0.223 e. The quantitative estimate of drug-likeness (QED) is 0.804. The van der Waals surface area contributed by atoms with E-state index in [9.17, 15) is 4.79 Å². The second-order valence-electron chi connectivity index (χ2n) is 4.68. The third-order valence-electron chi connectivity index (χ3n) is 3.35. The molecule has 5 heteroatoms. The van der Waals surface area contributed by atoms with Crippen molar-refractivity contribution >= 4 is 11.6 Å². The highest BCUT2D eigenvalue weighted by Crippen LogP contribution is 2.22. The molecule has 0 aromatic heterocycles. The van der Waals surface area contributed by atoms with Gasteiger partial charge in [0.25, 0.3) is 0 Å². The van der Waals surface area contributed by atoms with E-state index in [-0.39, 0.29) is 11.8 Å². The Morgan fingerprint density at radius 1 is 1.47 bits per heavy atom. The van der Waals surface area contributed by atoms with Gasteiger partial charge < -0.3 is 20.5 Å². The van der Waals surface area contributed by atoms with E-state index in [2.05, 4.69) is 5.32 Å². The number of nitrogen functional groups attached to an aromatic ring is 1. The van der Waals surface area contributed by atoms with Crippen molar-refractivity contribution in [3.05, 3.63) is 23.8 Å². The number of hydrogen-bond acceptors (Lipinski definition) is 4. The maximum absolute atomic E-state index is 12.0. The van der Waals surface area contributed by atoms with Crippen molar-refractivity contribution in [3.8, 4) is 5.75 Å². The number of methoxy groups -OCH3 is 1. The number of hydrogen-bond donors (Lipinski definition) is 2. The molecule has 19 heavy (non-hydrogen) atoms. The fraction of sp³-hybridized carbons (Fsp3) is 0.500. The standard InChI is InChI=1S/C14H20N2O3/c1-18-13-3-2-10(8-12(13)15)9-16-14(17)11-4-6-19-7-5-11/h2-3,8,11H,4-7,9,15H2,1H3,(H,16,17). The van der Waals surface area contributed by atoms with Crippen molar-refractivity contribution in [2.45, 2.75) is 19.4 Å². The molecule has 1 aliphatic rings. The van der Waals surface area contributed by atoms with Crippen molar-refractivity contribution in [2.24, 2.45) is 5.92 Å². The van der Waals surface area contributed by atoms with Crippen LogP contribution >= 0.6 is 0 Å². The molecule has 1 fully saturated rings. The number of amides is 1. The third-order valence-corrected chi connectivity index (χ3v) is 3.35. The Labute approximate surface area is 113 Å². The summed E-state index contributed by atoms with van der Waals surface area (Å²) in [7, 11) is 1.58. The predicted molar refractivity (Wildman–Crippen MR) is 72.8 cm³/mol. The monoisotopic (exact) mass is 264 g/mol. The molecule has 1 aromatic carbocycles. The topological polar surface area (TPSA) is 73.6 Å². The second kappa shape index (κ2) is 6.43. The molecule has 1 saturated heterocycles. The number of benzene rings is 1. The molecule has 3 N–H and O–H groups in total. The molecule has 1 aliphatic heterocycles. The molecular weight excluding hydrogens is 244 g/mol. The number of rotatable bonds is 4. The smallest absolute Gasteiger partial charge is 0.223 e. The zero-order chi connectivity index (χ0) is 13.7. The van der Waals surface area contributed by atoms with Crippen LogP contribution in [0.3, 0.4) is 0 Å². The van der Waals surface area contributed by atoms with Gasteiger partial charge in [0.05, 0.1) is 12.8 Å². The third kappa shape index (κ3) is 3.61. The molecule has 0 saturated carbocycles. The first-order valence-corrected chi connectivity index (χ1v) is 6.48. The van der Waals surface area contributed by atoms with Gasteiger partial charge in [-0.1, -0.05) is 6.07 Å². The Morgan fingerprint density at radius 2 is 2.21 bits per heavy atom. The van der Waals surface area contributed by atoms with Crippen LogP contribution in [0.25, 0.3) is 0 Å². The molecule has 0 spiro atoms. The van der Waals surface area contributed by atoms with E-state index in [1.807, 2.05) is 18.2 Å². The zero-order valence-corrected chi connectivity index (χ0v) is 11.1. The summed E-state index contributed by atoms with van der Waals surface area (Å²) >= 11 is 0. The molecule has 0 atom stereocenters. The molecule has 104 valence electrons. The van der Waals surface area contributed by atoms with Crippen LogP contribution in [-0.2, 0) is 16.1 Å². The van der Waals surface area contributed by atoms with Gasteiger partial charge in [-0.05, 0) is 30.5 Å². The van der Waals surface area contributed by atoms with Crippen molar-refractivity contribution in [3.63, 3.8) is 0 Å². The SMILES string of the molecule is COc1ccc(CNC(=O)C2CCOCC2)cc1N. The molecule has 0 aliphatic carbocycles. The zero-order valence-electron chi connectivity index (χ0n) is 11.1. The fourth-order valence-corrected chi connectivity index (χ4v) is 2.19. The summed E-state index contributed by atoms with van der Waals surface area (Å²) in [6.45, 7) is 1.84. The van der Waals surface area contributed by atoms with Gasteiger partial charge in [-0.2, -0.15) is 0 Å². The molecule has 2 rings (SSSR count). The van der Waals surface area contributed by atoms with E-state index >= 15 is 0 Å². The number of carbonyl (C=O) groups is 1. The fourth-order valence-electron chi connectivity index (χ4n) is 2.19. The maximum atomic E-state index is 12.0. The minimum Gasteiger partial charge on any atom is -0.495 e. The van der Waals surface area contributed by atoms with E-state index in [1.165, 1.54) is 0 Å². The summed E-state index contributed by atoms with van der Waals surface area (Å²) < 4.78 is 10.3. The van der Waals surface area contributed by atoms with E-state index in [4.69, 9.17) is 15.2 Å². The van der Waals surface area contributed by atoms with E-state index in [1.54, 1.807) is 7.11 Å². The first-order valence-electron chi connectivity index (χ1n) is 6.48. The van der Waals surface area contributed by atoms with Crippen LogP contribution in [0.2, 0.25) is 0 Å². The number of carbonyl (C=O) groups excluding carboxylic acids is 1. The van der Waals surface area contributed by atoms with Crippen molar-refractivity contribution in [1.29, 1.82) is 0 Å². The number of anilines is 1. The minimum atomic E-state index is 0.0735. The van der Waals surface area contributed by atoms with Crippen LogP contribution in [0.5, 0.6) is 5.75 Å². The molecule has 5 nitrogen and oxygen atoms in total. The van der Waals surface area contributed by atoms with Crippen molar-refractivity contribution in [2.75, 3.05) is 26.1 Å². The number of ether oxygens (including phenoxy) is 2. The highest BCUT2D eigenvalue weighted by atomic mass is 16.5. The second-order valence-corrected chi connectivity index (χ2v) is 4.68. The van der Waals surface area contributed by atoms with Crippen LogP contribution < -0.4 is 15.8 Å². The Bertz CT molecular complexity index is 442. The van der Waals surface area contributed by atoms with Crippen LogP contribution in [0, 0.1) is 5.92 Å². The first-order chi connectivity index (χ1) is 9.20. The summed E-state index contributed by atoms with van der Waals surface area (Å²) in [6, 6.07) is 5.54. The van der Waals surface area contributed by atoms with Gasteiger partial charge in [0.1, 0.15) is 5.75 Å². The lowest BCUT2D eigenvalue weighted by Crippen LogP contribution is -2.33. The van der Waals surface area contributed by atoms with Gasteiger partial charge in [-0.15, -0.1) is 0 Å². The Hall–Kier alpha value is -1.75. The molecule has 1 amide bonds. The summed E-state index contributed by atoms with van der Waals surface area (Å²) in [5.41, 5.74) is 7.38. The Balaban J connectivity index is 1.87. The van der Waals surface area contributed by atoms with Crippen LogP contribution in [0.15, 0.2) is 18.2 Å². The molecule has 0 unspecified atom stereocenters. The van der Waals surface area contributed by atoms with Crippen LogP contribution in [0.4, 0.5) is 5.69 Å². The highest BCUT2D eigenvalue weighted by molar-refractivity contribution is 5.78. The number of nitrogens with one attached hydrogen (secondary N) is 1. The summed E-state index contributed by atoms with van der Waals surface area (Å²) in [4.78, 5) is 12.0. The number of nitrogens with two attached hydrogens (primary N) is 1. The summed E-state index contributed by atoms with van der Waals surface area (Å²) in [5.74, 6) is 0.821. The van der Waals surface area contributed by atoms with Gasteiger partial charge in [0.15, 0.2) is 0 Å². The average Bonchev–Trinajstić information content (AvgIpc) is 2.46.